The van der Waals surface area contributed by atoms with Crippen LogP contribution in [0.4, 0.5) is 0 Å². The summed E-state index contributed by atoms with van der Waals surface area (Å²) in [4.78, 5) is 0. The molecule has 112 valence electrons. The quantitative estimate of drug-likeness (QED) is 0.554. The molecule has 0 atom stereocenters. The van der Waals surface area contributed by atoms with Crippen molar-refractivity contribution in [2.24, 2.45) is 0 Å². The highest BCUT2D eigenvalue weighted by Crippen LogP contribution is 2.27. The predicted octanol–water partition coefficient (Wildman–Crippen LogP) is 6.94. The van der Waals surface area contributed by atoms with Gasteiger partial charge in [0, 0.05) is 0 Å². The van der Waals surface area contributed by atoms with Crippen LogP contribution in [-0.4, -0.2) is 0 Å². The Hall–Kier alpha value is -0.780. The average Bonchev–Trinajstić information content (AvgIpc) is 2.40. The van der Waals surface area contributed by atoms with Gasteiger partial charge in [-0.1, -0.05) is 86.9 Å². The van der Waals surface area contributed by atoms with Crippen molar-refractivity contribution >= 4 is 0 Å². The molecular weight excluding hydrogens is 228 g/mol. The SMILES string of the molecule is CC.CCC.CCc1c(C(C)C)cccc1C(C)C. The Morgan fingerprint density at radius 2 is 1.11 bits per heavy atom. The largest absolute Gasteiger partial charge is 0.0683 e. The van der Waals surface area contributed by atoms with Crippen LogP contribution in [0.15, 0.2) is 18.2 Å². The molecule has 0 bridgehead atoms. The van der Waals surface area contributed by atoms with E-state index in [9.17, 15) is 0 Å². The third-order valence-corrected chi connectivity index (χ3v) is 2.85. The fourth-order valence-electron chi connectivity index (χ4n) is 2.11. The molecule has 1 aromatic rings. The van der Waals surface area contributed by atoms with Crippen molar-refractivity contribution in [3.8, 4) is 0 Å². The molecule has 0 heteroatoms. The fraction of sp³-hybridized carbons (Fsp3) is 0.684. The first-order chi connectivity index (χ1) is 8.99. The summed E-state index contributed by atoms with van der Waals surface area (Å²) in [6, 6.07) is 6.74. The molecule has 0 spiro atoms. The third-order valence-electron chi connectivity index (χ3n) is 2.85. The van der Waals surface area contributed by atoms with Crippen LogP contribution in [-0.2, 0) is 6.42 Å². The first-order valence-corrected chi connectivity index (χ1v) is 8.11. The normalized spacial score (nSPS) is 9.63. The van der Waals surface area contributed by atoms with E-state index in [0.29, 0.717) is 11.8 Å². The van der Waals surface area contributed by atoms with Crippen molar-refractivity contribution in [3.05, 3.63) is 34.9 Å². The van der Waals surface area contributed by atoms with E-state index in [1.54, 1.807) is 5.56 Å². The fourth-order valence-corrected chi connectivity index (χ4v) is 2.11. The van der Waals surface area contributed by atoms with Gasteiger partial charge in [0.2, 0.25) is 0 Å². The molecule has 0 radical (unpaired) electrons. The van der Waals surface area contributed by atoms with Gasteiger partial charge in [-0.25, -0.2) is 0 Å². The second-order valence-corrected chi connectivity index (χ2v) is 5.29. The highest BCUT2D eigenvalue weighted by atomic mass is 14.2. The van der Waals surface area contributed by atoms with Gasteiger partial charge >= 0.3 is 0 Å². The van der Waals surface area contributed by atoms with Gasteiger partial charge in [0.05, 0.1) is 0 Å². The van der Waals surface area contributed by atoms with E-state index in [1.165, 1.54) is 17.5 Å². The van der Waals surface area contributed by atoms with Gasteiger partial charge in [-0.05, 0) is 34.9 Å². The Labute approximate surface area is 122 Å². The van der Waals surface area contributed by atoms with Gasteiger partial charge in [-0.15, -0.1) is 0 Å². The molecule has 0 aliphatic heterocycles. The van der Waals surface area contributed by atoms with Gasteiger partial charge in [-0.2, -0.15) is 0 Å². The molecule has 0 aliphatic carbocycles. The van der Waals surface area contributed by atoms with Gasteiger partial charge in [0.25, 0.3) is 0 Å². The molecule has 0 N–H and O–H groups in total. The highest BCUT2D eigenvalue weighted by molar-refractivity contribution is 5.38. The maximum Gasteiger partial charge on any atom is -0.0216 e. The molecule has 0 unspecified atom stereocenters. The minimum absolute atomic E-state index is 0.642. The molecule has 0 amide bonds. The zero-order valence-corrected chi connectivity index (χ0v) is 14.8. The van der Waals surface area contributed by atoms with Crippen LogP contribution in [0.5, 0.6) is 0 Å². The van der Waals surface area contributed by atoms with Crippen molar-refractivity contribution < 1.29 is 0 Å². The van der Waals surface area contributed by atoms with E-state index in [1.807, 2.05) is 13.8 Å². The molecule has 0 aromatic heterocycles. The summed E-state index contributed by atoms with van der Waals surface area (Å²) >= 11 is 0. The molecule has 0 fully saturated rings. The minimum atomic E-state index is 0.642. The molecule has 0 saturated carbocycles. The Morgan fingerprint density at radius 1 is 0.789 bits per heavy atom. The Bertz CT molecular complexity index is 282. The van der Waals surface area contributed by atoms with Crippen LogP contribution >= 0.6 is 0 Å². The zero-order chi connectivity index (χ0) is 15.4. The van der Waals surface area contributed by atoms with Crippen LogP contribution < -0.4 is 0 Å². The maximum absolute atomic E-state index is 2.28. The molecule has 0 nitrogen and oxygen atoms in total. The number of hydrogen-bond donors (Lipinski definition) is 0. The summed E-state index contributed by atoms with van der Waals surface area (Å²) in [6.07, 6.45) is 2.40. The minimum Gasteiger partial charge on any atom is -0.0683 e. The van der Waals surface area contributed by atoms with Crippen molar-refractivity contribution in [2.75, 3.05) is 0 Å². The number of benzene rings is 1. The van der Waals surface area contributed by atoms with Gasteiger partial charge in [-0.3, -0.25) is 0 Å². The second-order valence-electron chi connectivity index (χ2n) is 5.29. The van der Waals surface area contributed by atoms with Crippen LogP contribution in [0.3, 0.4) is 0 Å². The average molecular weight is 264 g/mol. The van der Waals surface area contributed by atoms with E-state index >= 15 is 0 Å². The van der Waals surface area contributed by atoms with Crippen molar-refractivity contribution in [1.29, 1.82) is 0 Å². The van der Waals surface area contributed by atoms with E-state index < -0.39 is 0 Å². The Balaban J connectivity index is 0. The molecule has 0 aliphatic rings. The van der Waals surface area contributed by atoms with Crippen LogP contribution in [0.2, 0.25) is 0 Å². The third kappa shape index (κ3) is 7.40. The topological polar surface area (TPSA) is 0 Å². The smallest absolute Gasteiger partial charge is 0.0216 e. The molecule has 0 saturated heterocycles. The highest BCUT2D eigenvalue weighted by Gasteiger charge is 2.11. The first kappa shape index (κ1) is 20.5. The van der Waals surface area contributed by atoms with Crippen LogP contribution in [0.25, 0.3) is 0 Å². The van der Waals surface area contributed by atoms with E-state index in [2.05, 4.69) is 66.7 Å². The summed E-state index contributed by atoms with van der Waals surface area (Å²) in [5.41, 5.74) is 4.62. The lowest BCUT2D eigenvalue weighted by Gasteiger charge is -2.18. The lowest BCUT2D eigenvalue weighted by atomic mass is 9.87. The zero-order valence-electron chi connectivity index (χ0n) is 14.8. The van der Waals surface area contributed by atoms with Gasteiger partial charge in [0.1, 0.15) is 0 Å². The second kappa shape index (κ2) is 12.3. The van der Waals surface area contributed by atoms with Crippen molar-refractivity contribution in [2.45, 2.75) is 87.0 Å². The molecule has 19 heavy (non-hydrogen) atoms. The maximum atomic E-state index is 2.28. The summed E-state index contributed by atoms with van der Waals surface area (Å²) in [7, 11) is 0. The van der Waals surface area contributed by atoms with Gasteiger partial charge in [0.15, 0.2) is 0 Å². The van der Waals surface area contributed by atoms with Crippen LogP contribution in [0.1, 0.15) is 97.3 Å². The van der Waals surface area contributed by atoms with Crippen LogP contribution in [0, 0.1) is 0 Å². The molecular formula is C19H36. The standard InChI is InChI=1S/C14H22.C3H8.C2H6/c1-6-12-13(10(2)3)8-7-9-14(12)11(4)5;1-3-2;1-2/h7-11H,6H2,1-5H3;3H2,1-2H3;1-2H3. The Morgan fingerprint density at radius 3 is 1.32 bits per heavy atom. The Kier molecular flexibility index (Phi) is 13.3. The number of hydrogen-bond acceptors (Lipinski definition) is 0. The van der Waals surface area contributed by atoms with Crippen molar-refractivity contribution in [1.82, 2.24) is 0 Å². The summed E-state index contributed by atoms with van der Waals surface area (Å²) in [5.74, 6) is 1.28. The van der Waals surface area contributed by atoms with E-state index in [4.69, 9.17) is 0 Å². The predicted molar refractivity (Wildman–Crippen MR) is 91.3 cm³/mol. The lowest BCUT2D eigenvalue weighted by Crippen LogP contribution is -2.01. The van der Waals surface area contributed by atoms with Gasteiger partial charge < -0.3 is 0 Å². The van der Waals surface area contributed by atoms with Crippen molar-refractivity contribution in [3.63, 3.8) is 0 Å². The molecule has 0 heterocycles. The summed E-state index contributed by atoms with van der Waals surface area (Å²) in [6.45, 7) is 19.6. The van der Waals surface area contributed by atoms with E-state index in [0.717, 1.165) is 6.42 Å². The molecule has 1 rings (SSSR count). The monoisotopic (exact) mass is 264 g/mol. The number of rotatable bonds is 3. The van der Waals surface area contributed by atoms with E-state index in [-0.39, 0.29) is 0 Å². The lowest BCUT2D eigenvalue weighted by molar-refractivity contribution is 0.800. The summed E-state index contributed by atoms with van der Waals surface area (Å²) < 4.78 is 0. The molecule has 1 aromatic carbocycles. The summed E-state index contributed by atoms with van der Waals surface area (Å²) in [5, 5.41) is 0. The first-order valence-electron chi connectivity index (χ1n) is 8.11.